The molecule has 0 spiro atoms. The SMILES string of the molecule is Cc1cc2ccccc2cc1-c1ccccc1.[Cl][Fe-]([Cl])([Cl])[Cl].c1cc[o+]cc1. The monoisotopic (exact) mass is 495 g/mol. The quantitative estimate of drug-likeness (QED) is 0.189. The first-order valence-corrected chi connectivity index (χ1v) is 14.3. The molecule has 1 nitrogen and oxygen atoms in total. The van der Waals surface area contributed by atoms with Crippen molar-refractivity contribution in [3.63, 3.8) is 0 Å². The third-order valence-electron chi connectivity index (χ3n) is 3.71. The summed E-state index contributed by atoms with van der Waals surface area (Å²) in [7, 11) is 17.2. The number of halogens is 4. The van der Waals surface area contributed by atoms with E-state index in [1.807, 2.05) is 18.2 Å². The molecular weight excluding hydrogens is 478 g/mol. The molecule has 1 heterocycles. The van der Waals surface area contributed by atoms with Crippen molar-refractivity contribution in [1.82, 2.24) is 0 Å². The van der Waals surface area contributed by atoms with Crippen molar-refractivity contribution in [2.24, 2.45) is 0 Å². The van der Waals surface area contributed by atoms with Crippen LogP contribution in [-0.4, -0.2) is 0 Å². The second-order valence-corrected chi connectivity index (χ2v) is 16.6. The van der Waals surface area contributed by atoms with E-state index in [1.54, 1.807) is 12.5 Å². The Morgan fingerprint density at radius 2 is 1.11 bits per heavy atom. The zero-order valence-electron chi connectivity index (χ0n) is 15.0. The van der Waals surface area contributed by atoms with E-state index in [0.717, 1.165) is 0 Å². The molecule has 0 aliphatic heterocycles. The Hall–Kier alpha value is -1.25. The molecule has 28 heavy (non-hydrogen) atoms. The fourth-order valence-electron chi connectivity index (χ4n) is 2.57. The van der Waals surface area contributed by atoms with E-state index in [2.05, 4.69) is 78.1 Å². The molecule has 1 aromatic heterocycles. The molecule has 0 saturated heterocycles. The van der Waals surface area contributed by atoms with Crippen LogP contribution in [0.25, 0.3) is 21.9 Å². The van der Waals surface area contributed by atoms with Gasteiger partial charge in [0.2, 0.25) is 0 Å². The van der Waals surface area contributed by atoms with Crippen molar-refractivity contribution in [1.29, 1.82) is 0 Å². The first kappa shape index (κ1) is 23.0. The molecule has 0 atom stereocenters. The van der Waals surface area contributed by atoms with Gasteiger partial charge in [-0.15, -0.1) is 0 Å². The van der Waals surface area contributed by atoms with E-state index in [9.17, 15) is 0 Å². The Labute approximate surface area is 185 Å². The molecule has 0 radical (unpaired) electrons. The van der Waals surface area contributed by atoms with Crippen LogP contribution in [-0.2, 0) is 9.20 Å². The Balaban J connectivity index is 0.000000210. The second kappa shape index (κ2) is 11.7. The van der Waals surface area contributed by atoms with E-state index in [4.69, 9.17) is 40.4 Å². The molecule has 0 fully saturated rings. The summed E-state index contributed by atoms with van der Waals surface area (Å²) >= 11 is 0. The van der Waals surface area contributed by atoms with Crippen LogP contribution in [0.3, 0.4) is 0 Å². The third kappa shape index (κ3) is 8.84. The maximum Gasteiger partial charge on any atom is 0.317 e. The van der Waals surface area contributed by atoms with Gasteiger partial charge in [-0.05, 0) is 46.5 Å². The normalized spacial score (nSPS) is 10.9. The number of benzene rings is 3. The smallest absolute Gasteiger partial charge is 0.224 e. The van der Waals surface area contributed by atoms with Gasteiger partial charge in [0.1, 0.15) is 0 Å². The predicted molar refractivity (Wildman–Crippen MR) is 121 cm³/mol. The van der Waals surface area contributed by atoms with Crippen LogP contribution in [0.1, 0.15) is 5.56 Å². The summed E-state index contributed by atoms with van der Waals surface area (Å²) in [5.41, 5.74) is 3.94. The Bertz CT molecular complexity index is 941. The number of rotatable bonds is 1. The van der Waals surface area contributed by atoms with Gasteiger partial charge in [-0.3, -0.25) is 0 Å². The van der Waals surface area contributed by atoms with Crippen LogP contribution in [0.5, 0.6) is 0 Å². The molecule has 4 aromatic rings. The summed E-state index contributed by atoms with van der Waals surface area (Å²) < 4.78 is 4.68. The zero-order valence-corrected chi connectivity index (χ0v) is 19.1. The summed E-state index contributed by atoms with van der Waals surface area (Å²) in [6.45, 7) is 2.18. The van der Waals surface area contributed by atoms with Gasteiger partial charge in [-0.1, -0.05) is 60.7 Å². The van der Waals surface area contributed by atoms with Gasteiger partial charge >= 0.3 is 62.1 Å². The number of hydrogen-bond acceptors (Lipinski definition) is 0. The van der Waals surface area contributed by atoms with E-state index in [0.29, 0.717) is 0 Å². The minimum atomic E-state index is -2.61. The Morgan fingerprint density at radius 1 is 0.643 bits per heavy atom. The largest absolute Gasteiger partial charge is 0.317 e. The molecule has 0 unspecified atom stereocenters. The number of aryl methyl sites for hydroxylation is 1. The molecule has 0 N–H and O–H groups in total. The second-order valence-electron chi connectivity index (χ2n) is 5.67. The summed E-state index contributed by atoms with van der Waals surface area (Å²) in [5.74, 6) is 0. The molecule has 0 aliphatic carbocycles. The number of fused-ring (bicyclic) bond motifs is 1. The van der Waals surface area contributed by atoms with Crippen molar-refractivity contribution in [2.75, 3.05) is 0 Å². The average molecular weight is 497 g/mol. The minimum absolute atomic E-state index is 1.29. The first-order valence-electron chi connectivity index (χ1n) is 8.23. The van der Waals surface area contributed by atoms with Gasteiger partial charge in [0.15, 0.2) is 0 Å². The minimum Gasteiger partial charge on any atom is -0.224 e. The summed E-state index contributed by atoms with van der Waals surface area (Å²) in [4.78, 5) is 0. The molecule has 0 bridgehead atoms. The summed E-state index contributed by atoms with van der Waals surface area (Å²) in [6.07, 6.45) is 3.25. The number of hydrogen-bond donors (Lipinski definition) is 0. The third-order valence-corrected chi connectivity index (χ3v) is 3.71. The zero-order chi connectivity index (χ0) is 20.4. The summed E-state index contributed by atoms with van der Waals surface area (Å²) in [6, 6.07) is 29.2. The van der Waals surface area contributed by atoms with Crippen molar-refractivity contribution < 1.29 is 13.6 Å². The molecule has 3 aromatic carbocycles. The van der Waals surface area contributed by atoms with E-state index in [-0.39, 0.29) is 0 Å². The van der Waals surface area contributed by atoms with Gasteiger partial charge in [0.25, 0.3) is 0 Å². The van der Waals surface area contributed by atoms with Gasteiger partial charge in [0.05, 0.1) is 0 Å². The van der Waals surface area contributed by atoms with Crippen molar-refractivity contribution in [3.05, 3.63) is 103 Å². The van der Waals surface area contributed by atoms with Gasteiger partial charge in [0, 0.05) is 12.1 Å². The van der Waals surface area contributed by atoms with E-state index < -0.39 is 9.20 Å². The van der Waals surface area contributed by atoms with Crippen LogP contribution in [0.4, 0.5) is 0 Å². The van der Waals surface area contributed by atoms with E-state index >= 15 is 0 Å². The molecule has 0 aliphatic rings. The summed E-state index contributed by atoms with van der Waals surface area (Å²) in [5, 5.41) is 2.61. The van der Waals surface area contributed by atoms with Crippen LogP contribution in [0.2, 0.25) is 0 Å². The molecule has 0 amide bonds. The van der Waals surface area contributed by atoms with Crippen LogP contribution in [0, 0.1) is 6.92 Å². The fourth-order valence-corrected chi connectivity index (χ4v) is 2.57. The van der Waals surface area contributed by atoms with Gasteiger partial charge in [-0.25, -0.2) is 4.42 Å². The molecule has 4 rings (SSSR count). The molecule has 0 saturated carbocycles. The van der Waals surface area contributed by atoms with Crippen LogP contribution in [0.15, 0.2) is 102 Å². The van der Waals surface area contributed by atoms with Crippen molar-refractivity contribution >= 4 is 51.2 Å². The van der Waals surface area contributed by atoms with Crippen LogP contribution < -0.4 is 0 Å². The molecule has 6 heteroatoms. The van der Waals surface area contributed by atoms with Crippen LogP contribution >= 0.6 is 40.4 Å². The average Bonchev–Trinajstić information content (AvgIpc) is 2.69. The standard InChI is InChI=1S/C17H14.C5H5O.4ClH.Fe/c1-13-11-15-9-5-6-10-16(15)12-17(13)14-7-3-2-4-8-14;1-2-4-6-5-3-1;;;;;/h2-12H,1H3;1-5H;4*1H;/q;+1;;;;;+3/p-4. The van der Waals surface area contributed by atoms with Gasteiger partial charge < -0.3 is 0 Å². The Morgan fingerprint density at radius 3 is 1.57 bits per heavy atom. The fraction of sp³-hybridized carbons (Fsp3) is 0.0455. The topological polar surface area (TPSA) is 11.3 Å². The molecule has 149 valence electrons. The van der Waals surface area contributed by atoms with Crippen molar-refractivity contribution in [3.8, 4) is 11.1 Å². The maximum absolute atomic E-state index is 4.95. The van der Waals surface area contributed by atoms with Gasteiger partial charge in [-0.2, -0.15) is 0 Å². The molecular formula is C22H19Cl4FeO. The predicted octanol–water partition coefficient (Wildman–Crippen LogP) is 9.13. The van der Waals surface area contributed by atoms with Crippen molar-refractivity contribution in [2.45, 2.75) is 6.92 Å². The Kier molecular flexibility index (Phi) is 9.61. The van der Waals surface area contributed by atoms with E-state index in [1.165, 1.54) is 27.5 Å². The first-order chi connectivity index (χ1) is 13.3. The maximum atomic E-state index is 4.95.